The second-order valence-electron chi connectivity index (χ2n) is 5.87. The van der Waals surface area contributed by atoms with E-state index in [2.05, 4.69) is 5.32 Å². The highest BCUT2D eigenvalue weighted by Gasteiger charge is 2.30. The maximum absolute atomic E-state index is 12.9. The van der Waals surface area contributed by atoms with Crippen LogP contribution in [0.25, 0.3) is 0 Å². The van der Waals surface area contributed by atoms with Crippen LogP contribution in [0.4, 0.5) is 4.79 Å². The summed E-state index contributed by atoms with van der Waals surface area (Å²) in [5.74, 6) is -0.365. The number of amides is 2. The zero-order valence-electron chi connectivity index (χ0n) is 15.5. The molecule has 2 amide bonds. The van der Waals surface area contributed by atoms with Crippen LogP contribution in [0.1, 0.15) is 17.3 Å². The fourth-order valence-corrected chi connectivity index (χ4v) is 4.11. The predicted molar refractivity (Wildman–Crippen MR) is 98.0 cm³/mol. The average Bonchev–Trinajstić information content (AvgIpc) is 2.68. The van der Waals surface area contributed by atoms with Crippen LogP contribution < -0.4 is 5.32 Å². The van der Waals surface area contributed by atoms with E-state index < -0.39 is 16.1 Å². The molecule has 2 rings (SSSR count). The molecule has 1 aromatic carbocycles. The summed E-state index contributed by atoms with van der Waals surface area (Å²) in [5, 5.41) is 2.66. The first kappa shape index (κ1) is 21.1. The summed E-state index contributed by atoms with van der Waals surface area (Å²) in [4.78, 5) is 25.4. The van der Waals surface area contributed by atoms with Crippen LogP contribution in [-0.4, -0.2) is 82.7 Å². The van der Waals surface area contributed by atoms with Gasteiger partial charge in [0.05, 0.1) is 18.1 Å². The molecule has 0 atom stereocenters. The number of benzene rings is 1. The summed E-state index contributed by atoms with van der Waals surface area (Å²) in [5.41, 5.74) is 0.261. The van der Waals surface area contributed by atoms with Gasteiger partial charge in [-0.15, -0.1) is 0 Å². The van der Waals surface area contributed by atoms with E-state index in [1.165, 1.54) is 34.5 Å². The topological polar surface area (TPSA) is 105 Å². The minimum Gasteiger partial charge on any atom is -0.450 e. The highest BCUT2D eigenvalue weighted by Crippen LogP contribution is 2.19. The highest BCUT2D eigenvalue weighted by molar-refractivity contribution is 7.89. The van der Waals surface area contributed by atoms with Crippen molar-refractivity contribution in [2.24, 2.45) is 0 Å². The number of nitrogens with zero attached hydrogens (tertiary/aromatic N) is 2. The summed E-state index contributed by atoms with van der Waals surface area (Å²) < 4.78 is 36.8. The Morgan fingerprint density at radius 2 is 1.89 bits per heavy atom. The zero-order chi connectivity index (χ0) is 19.9. The summed E-state index contributed by atoms with van der Waals surface area (Å²) >= 11 is 0. The van der Waals surface area contributed by atoms with Gasteiger partial charge in [0.2, 0.25) is 10.0 Å². The van der Waals surface area contributed by atoms with Gasteiger partial charge in [-0.1, -0.05) is 6.07 Å². The fourth-order valence-electron chi connectivity index (χ4n) is 2.64. The van der Waals surface area contributed by atoms with Gasteiger partial charge in [0, 0.05) is 45.4 Å². The Morgan fingerprint density at radius 3 is 2.52 bits per heavy atom. The smallest absolute Gasteiger partial charge is 0.409 e. The Kier molecular flexibility index (Phi) is 7.57. The van der Waals surface area contributed by atoms with E-state index in [1.54, 1.807) is 13.0 Å². The number of rotatable bonds is 7. The van der Waals surface area contributed by atoms with Crippen molar-refractivity contribution in [2.75, 3.05) is 53.0 Å². The van der Waals surface area contributed by atoms with E-state index in [9.17, 15) is 18.0 Å². The van der Waals surface area contributed by atoms with Gasteiger partial charge in [0.15, 0.2) is 0 Å². The molecule has 0 aliphatic carbocycles. The molecule has 10 heteroatoms. The number of carbonyl (C=O) groups is 2. The molecule has 1 aromatic rings. The molecule has 0 aromatic heterocycles. The molecular formula is C17H25N3O6S. The minimum atomic E-state index is -3.75. The lowest BCUT2D eigenvalue weighted by atomic mass is 10.2. The van der Waals surface area contributed by atoms with Crippen LogP contribution in [0.3, 0.4) is 0 Å². The van der Waals surface area contributed by atoms with Gasteiger partial charge in [-0.3, -0.25) is 4.79 Å². The maximum Gasteiger partial charge on any atom is 0.409 e. The lowest BCUT2D eigenvalue weighted by molar-refractivity contribution is 0.0927. The zero-order valence-corrected chi connectivity index (χ0v) is 16.3. The molecule has 0 spiro atoms. The SMILES string of the molecule is CCOC(=O)N1CCN(S(=O)(=O)c2cccc(C(=O)NCCOC)c2)CC1. The molecule has 0 unspecified atom stereocenters. The van der Waals surface area contributed by atoms with Crippen molar-refractivity contribution in [3.8, 4) is 0 Å². The third kappa shape index (κ3) is 5.41. The molecule has 1 heterocycles. The van der Waals surface area contributed by atoms with Crippen LogP contribution >= 0.6 is 0 Å². The lowest BCUT2D eigenvalue weighted by Crippen LogP contribution is -2.50. The summed E-state index contributed by atoms with van der Waals surface area (Å²) in [6.07, 6.45) is -0.440. The van der Waals surface area contributed by atoms with Crippen LogP contribution in [0, 0.1) is 0 Å². The van der Waals surface area contributed by atoms with E-state index in [0.717, 1.165) is 0 Å². The number of hydrogen-bond acceptors (Lipinski definition) is 6. The first-order valence-corrected chi connectivity index (χ1v) is 10.1. The van der Waals surface area contributed by atoms with Crippen LogP contribution in [0.5, 0.6) is 0 Å². The summed E-state index contributed by atoms with van der Waals surface area (Å²) in [6.45, 7) is 3.56. The molecule has 1 aliphatic heterocycles. The van der Waals surface area contributed by atoms with Gasteiger partial charge in [-0.2, -0.15) is 4.31 Å². The minimum absolute atomic E-state index is 0.0477. The number of methoxy groups -OCH3 is 1. The van der Waals surface area contributed by atoms with E-state index >= 15 is 0 Å². The second kappa shape index (κ2) is 9.67. The van der Waals surface area contributed by atoms with Crippen molar-refractivity contribution in [1.29, 1.82) is 0 Å². The molecule has 1 saturated heterocycles. The quantitative estimate of drug-likeness (QED) is 0.671. The summed E-state index contributed by atoms with van der Waals surface area (Å²) in [6, 6.07) is 5.90. The Bertz CT molecular complexity index is 760. The van der Waals surface area contributed by atoms with Crippen LogP contribution in [-0.2, 0) is 19.5 Å². The number of nitrogens with one attached hydrogen (secondary N) is 1. The van der Waals surface area contributed by atoms with Gasteiger partial charge in [0.25, 0.3) is 5.91 Å². The van der Waals surface area contributed by atoms with Crippen LogP contribution in [0.2, 0.25) is 0 Å². The third-order valence-electron chi connectivity index (χ3n) is 4.09. The highest BCUT2D eigenvalue weighted by atomic mass is 32.2. The van der Waals surface area contributed by atoms with E-state index in [4.69, 9.17) is 9.47 Å². The normalized spacial score (nSPS) is 15.4. The molecule has 1 N–H and O–H groups in total. The number of hydrogen-bond donors (Lipinski definition) is 1. The molecule has 0 bridgehead atoms. The maximum atomic E-state index is 12.9. The van der Waals surface area contributed by atoms with Gasteiger partial charge in [0.1, 0.15) is 0 Å². The Hall–Kier alpha value is -2.17. The third-order valence-corrected chi connectivity index (χ3v) is 5.99. The lowest BCUT2D eigenvalue weighted by Gasteiger charge is -2.33. The number of ether oxygens (including phenoxy) is 2. The van der Waals surface area contributed by atoms with Crippen molar-refractivity contribution in [1.82, 2.24) is 14.5 Å². The monoisotopic (exact) mass is 399 g/mol. The number of sulfonamides is 1. The molecule has 1 aliphatic rings. The van der Waals surface area contributed by atoms with E-state index in [1.807, 2.05) is 0 Å². The van der Waals surface area contributed by atoms with Crippen molar-refractivity contribution >= 4 is 22.0 Å². The van der Waals surface area contributed by atoms with Gasteiger partial charge < -0.3 is 19.7 Å². The molecule has 1 fully saturated rings. The van der Waals surface area contributed by atoms with Crippen molar-refractivity contribution < 1.29 is 27.5 Å². The largest absolute Gasteiger partial charge is 0.450 e. The fraction of sp³-hybridized carbons (Fsp3) is 0.529. The van der Waals surface area contributed by atoms with Crippen molar-refractivity contribution in [3.63, 3.8) is 0 Å². The molecule has 9 nitrogen and oxygen atoms in total. The Balaban J connectivity index is 2.06. The second-order valence-corrected chi connectivity index (χ2v) is 7.80. The molecule has 150 valence electrons. The van der Waals surface area contributed by atoms with E-state index in [-0.39, 0.29) is 49.2 Å². The Labute approximate surface area is 159 Å². The number of carbonyl (C=O) groups excluding carboxylic acids is 2. The first-order valence-electron chi connectivity index (χ1n) is 8.69. The first-order chi connectivity index (χ1) is 12.9. The average molecular weight is 399 g/mol. The standard InChI is InChI=1S/C17H25N3O6S/c1-3-26-17(22)19-8-10-20(11-9-19)27(23,24)15-6-4-5-14(13-15)16(21)18-7-12-25-2/h4-6,13H,3,7-12H2,1-2H3,(H,18,21). The van der Waals surface area contributed by atoms with Crippen LogP contribution in [0.15, 0.2) is 29.2 Å². The predicted octanol–water partition coefficient (Wildman–Crippen LogP) is 0.526. The number of piperazine rings is 1. The van der Waals surface area contributed by atoms with E-state index in [0.29, 0.717) is 13.2 Å². The van der Waals surface area contributed by atoms with Crippen molar-refractivity contribution in [3.05, 3.63) is 29.8 Å². The summed E-state index contributed by atoms with van der Waals surface area (Å²) in [7, 11) is -2.23. The molecule has 27 heavy (non-hydrogen) atoms. The van der Waals surface area contributed by atoms with Gasteiger partial charge in [-0.05, 0) is 25.1 Å². The van der Waals surface area contributed by atoms with Gasteiger partial charge in [-0.25, -0.2) is 13.2 Å². The Morgan fingerprint density at radius 1 is 1.19 bits per heavy atom. The van der Waals surface area contributed by atoms with Crippen molar-refractivity contribution in [2.45, 2.75) is 11.8 Å². The molecular weight excluding hydrogens is 374 g/mol. The van der Waals surface area contributed by atoms with Gasteiger partial charge >= 0.3 is 6.09 Å². The molecule has 0 saturated carbocycles. The molecule has 0 radical (unpaired) electrons.